The van der Waals surface area contributed by atoms with Gasteiger partial charge in [-0.1, -0.05) is 18.2 Å². The van der Waals surface area contributed by atoms with Crippen molar-refractivity contribution in [1.29, 1.82) is 0 Å². The summed E-state index contributed by atoms with van der Waals surface area (Å²) >= 11 is 0. The minimum atomic E-state index is 0.0603. The lowest BCUT2D eigenvalue weighted by Gasteiger charge is -2.23. The third kappa shape index (κ3) is 3.45. The fourth-order valence-corrected chi connectivity index (χ4v) is 2.04. The monoisotopic (exact) mass is 273 g/mol. The van der Waals surface area contributed by atoms with Gasteiger partial charge < -0.3 is 14.7 Å². The molecule has 0 spiro atoms. The molecule has 0 aliphatic carbocycles. The van der Waals surface area contributed by atoms with Gasteiger partial charge in [0.2, 0.25) is 0 Å². The van der Waals surface area contributed by atoms with Crippen molar-refractivity contribution in [2.24, 2.45) is 0 Å². The molecule has 2 rings (SSSR count). The summed E-state index contributed by atoms with van der Waals surface area (Å²) in [6.45, 7) is 3.07. The molecular weight excluding hydrogens is 254 g/mol. The molecule has 2 aromatic rings. The Morgan fingerprint density at radius 2 is 2.05 bits per heavy atom. The number of rotatable bonds is 6. The van der Waals surface area contributed by atoms with Crippen molar-refractivity contribution in [2.45, 2.75) is 13.5 Å². The Morgan fingerprint density at radius 3 is 2.75 bits per heavy atom. The number of aromatic nitrogens is 2. The minimum absolute atomic E-state index is 0.0603. The number of anilines is 1. The maximum Gasteiger partial charge on any atom is 0.147 e. The quantitative estimate of drug-likeness (QED) is 0.869. The van der Waals surface area contributed by atoms with E-state index in [1.54, 1.807) is 19.5 Å². The first-order valence-electron chi connectivity index (χ1n) is 6.51. The first kappa shape index (κ1) is 14.3. The van der Waals surface area contributed by atoms with Crippen LogP contribution in [0.15, 0.2) is 36.7 Å². The predicted octanol–water partition coefficient (Wildman–Crippen LogP) is 1.79. The fraction of sp³-hybridized carbons (Fsp3) is 0.333. The highest BCUT2D eigenvalue weighted by molar-refractivity contribution is 5.41. The molecule has 5 nitrogen and oxygen atoms in total. The van der Waals surface area contributed by atoms with E-state index in [9.17, 15) is 5.11 Å². The van der Waals surface area contributed by atoms with Crippen molar-refractivity contribution in [3.8, 4) is 5.75 Å². The smallest absolute Gasteiger partial charge is 0.147 e. The molecule has 0 aliphatic heterocycles. The van der Waals surface area contributed by atoms with Crippen molar-refractivity contribution in [3.05, 3.63) is 47.9 Å². The Labute approximate surface area is 118 Å². The molecule has 0 fully saturated rings. The van der Waals surface area contributed by atoms with Crippen LogP contribution in [0, 0.1) is 6.92 Å². The zero-order chi connectivity index (χ0) is 14.4. The molecule has 1 aromatic heterocycles. The molecule has 1 aromatic carbocycles. The number of ether oxygens (including phenoxy) is 1. The van der Waals surface area contributed by atoms with Crippen LogP contribution in [-0.4, -0.2) is 35.3 Å². The number of para-hydroxylation sites is 1. The predicted molar refractivity (Wildman–Crippen MR) is 77.9 cm³/mol. The summed E-state index contributed by atoms with van der Waals surface area (Å²) in [5.74, 6) is 1.58. The van der Waals surface area contributed by atoms with E-state index in [1.165, 1.54) is 0 Å². The molecule has 0 aliphatic rings. The summed E-state index contributed by atoms with van der Waals surface area (Å²) < 4.78 is 5.36. The number of aryl methyl sites for hydroxylation is 1. The van der Waals surface area contributed by atoms with Gasteiger partial charge in [0.15, 0.2) is 0 Å². The number of hydrogen-bond acceptors (Lipinski definition) is 5. The molecule has 0 saturated carbocycles. The van der Waals surface area contributed by atoms with Crippen molar-refractivity contribution in [2.75, 3.05) is 25.2 Å². The Morgan fingerprint density at radius 1 is 1.25 bits per heavy atom. The average Bonchev–Trinajstić information content (AvgIpc) is 2.47. The van der Waals surface area contributed by atoms with Crippen molar-refractivity contribution in [1.82, 2.24) is 9.97 Å². The first-order chi connectivity index (χ1) is 9.74. The summed E-state index contributed by atoms with van der Waals surface area (Å²) in [7, 11) is 1.65. The molecule has 20 heavy (non-hydrogen) atoms. The van der Waals surface area contributed by atoms with Crippen LogP contribution < -0.4 is 9.64 Å². The molecule has 106 valence electrons. The molecule has 0 saturated heterocycles. The number of hydrogen-bond donors (Lipinski definition) is 1. The van der Waals surface area contributed by atoms with Crippen LogP contribution in [0.5, 0.6) is 5.75 Å². The van der Waals surface area contributed by atoms with Gasteiger partial charge in [-0.05, 0) is 13.0 Å². The second kappa shape index (κ2) is 6.86. The molecular formula is C15H19N3O2. The van der Waals surface area contributed by atoms with Gasteiger partial charge in [-0.3, -0.25) is 4.98 Å². The van der Waals surface area contributed by atoms with Crippen LogP contribution in [0.1, 0.15) is 11.3 Å². The highest BCUT2D eigenvalue weighted by atomic mass is 16.5. The molecule has 5 heteroatoms. The normalized spacial score (nSPS) is 10.3. The van der Waals surface area contributed by atoms with Gasteiger partial charge >= 0.3 is 0 Å². The summed E-state index contributed by atoms with van der Waals surface area (Å²) in [5, 5.41) is 9.25. The SMILES string of the molecule is COc1ccccc1CN(CCO)c1cncc(C)n1. The molecule has 1 N–H and O–H groups in total. The van der Waals surface area contributed by atoms with E-state index in [4.69, 9.17) is 4.74 Å². The van der Waals surface area contributed by atoms with E-state index < -0.39 is 0 Å². The third-order valence-electron chi connectivity index (χ3n) is 2.99. The van der Waals surface area contributed by atoms with E-state index in [0.29, 0.717) is 13.1 Å². The van der Waals surface area contributed by atoms with Gasteiger partial charge in [0.05, 0.1) is 25.6 Å². The van der Waals surface area contributed by atoms with Crippen LogP contribution in [-0.2, 0) is 6.54 Å². The fourth-order valence-electron chi connectivity index (χ4n) is 2.04. The van der Waals surface area contributed by atoms with Gasteiger partial charge in [-0.25, -0.2) is 4.98 Å². The Bertz CT molecular complexity index is 560. The summed E-state index contributed by atoms with van der Waals surface area (Å²) in [5.41, 5.74) is 1.90. The molecule has 0 amide bonds. The van der Waals surface area contributed by atoms with Crippen LogP contribution in [0.3, 0.4) is 0 Å². The van der Waals surface area contributed by atoms with E-state index in [2.05, 4.69) is 9.97 Å². The molecule has 0 radical (unpaired) electrons. The van der Waals surface area contributed by atoms with Crippen molar-refractivity contribution in [3.63, 3.8) is 0 Å². The van der Waals surface area contributed by atoms with Gasteiger partial charge in [-0.2, -0.15) is 0 Å². The van der Waals surface area contributed by atoms with Gasteiger partial charge in [0, 0.05) is 24.8 Å². The number of nitrogens with zero attached hydrogens (tertiary/aromatic N) is 3. The largest absolute Gasteiger partial charge is 0.496 e. The lowest BCUT2D eigenvalue weighted by atomic mass is 10.2. The molecule has 0 bridgehead atoms. The second-order valence-electron chi connectivity index (χ2n) is 4.48. The topological polar surface area (TPSA) is 58.5 Å². The lowest BCUT2D eigenvalue weighted by Crippen LogP contribution is -2.27. The average molecular weight is 273 g/mol. The number of methoxy groups -OCH3 is 1. The minimum Gasteiger partial charge on any atom is -0.496 e. The second-order valence-corrected chi connectivity index (χ2v) is 4.48. The maximum absolute atomic E-state index is 9.25. The summed E-state index contributed by atoms with van der Waals surface area (Å²) in [6.07, 6.45) is 3.42. The zero-order valence-corrected chi connectivity index (χ0v) is 11.8. The maximum atomic E-state index is 9.25. The van der Waals surface area contributed by atoms with Crippen LogP contribution in [0.25, 0.3) is 0 Å². The Hall–Kier alpha value is -2.14. The third-order valence-corrected chi connectivity index (χ3v) is 2.99. The highest BCUT2D eigenvalue weighted by Crippen LogP contribution is 2.21. The van der Waals surface area contributed by atoms with Gasteiger partial charge in [-0.15, -0.1) is 0 Å². The van der Waals surface area contributed by atoms with Crippen LogP contribution in [0.4, 0.5) is 5.82 Å². The van der Waals surface area contributed by atoms with E-state index in [-0.39, 0.29) is 6.61 Å². The Kier molecular flexibility index (Phi) is 4.90. The number of aliphatic hydroxyl groups excluding tert-OH is 1. The van der Waals surface area contributed by atoms with E-state index in [0.717, 1.165) is 22.8 Å². The molecule has 1 heterocycles. The van der Waals surface area contributed by atoms with E-state index in [1.807, 2.05) is 36.1 Å². The van der Waals surface area contributed by atoms with Crippen molar-refractivity contribution >= 4 is 5.82 Å². The lowest BCUT2D eigenvalue weighted by molar-refractivity contribution is 0.300. The van der Waals surface area contributed by atoms with E-state index >= 15 is 0 Å². The van der Waals surface area contributed by atoms with Crippen molar-refractivity contribution < 1.29 is 9.84 Å². The first-order valence-corrected chi connectivity index (χ1v) is 6.51. The highest BCUT2D eigenvalue weighted by Gasteiger charge is 2.11. The number of aliphatic hydroxyl groups is 1. The molecule has 0 unspecified atom stereocenters. The summed E-state index contributed by atoms with van der Waals surface area (Å²) in [4.78, 5) is 10.6. The molecule has 0 atom stereocenters. The van der Waals surface area contributed by atoms with Crippen LogP contribution >= 0.6 is 0 Å². The Balaban J connectivity index is 2.25. The summed E-state index contributed by atoms with van der Waals surface area (Å²) in [6, 6.07) is 7.84. The zero-order valence-electron chi connectivity index (χ0n) is 11.8. The number of benzene rings is 1. The van der Waals surface area contributed by atoms with Gasteiger partial charge in [0.25, 0.3) is 0 Å². The van der Waals surface area contributed by atoms with Gasteiger partial charge in [0.1, 0.15) is 11.6 Å². The standard InChI is InChI=1S/C15H19N3O2/c1-12-9-16-10-15(17-12)18(7-8-19)11-13-5-3-4-6-14(13)20-2/h3-6,9-10,19H,7-8,11H2,1-2H3. The van der Waals surface area contributed by atoms with Crippen LogP contribution in [0.2, 0.25) is 0 Å².